The van der Waals surface area contributed by atoms with Gasteiger partial charge in [-0.05, 0) is 62.1 Å². The van der Waals surface area contributed by atoms with E-state index in [9.17, 15) is 9.59 Å². The summed E-state index contributed by atoms with van der Waals surface area (Å²) in [6.07, 6.45) is 0.938. The number of nitrogens with one attached hydrogen (secondary N) is 1. The van der Waals surface area contributed by atoms with Crippen LogP contribution in [-0.2, 0) is 11.3 Å². The molecule has 3 aromatic rings. The quantitative estimate of drug-likeness (QED) is 0.605. The highest BCUT2D eigenvalue weighted by Crippen LogP contribution is 2.23. The molecule has 0 atom stereocenters. The highest BCUT2D eigenvalue weighted by atomic mass is 16.5. The van der Waals surface area contributed by atoms with Gasteiger partial charge in [-0.2, -0.15) is 0 Å². The molecule has 1 N–H and O–H groups in total. The number of hydrogen-bond acceptors (Lipinski definition) is 4. The molecule has 6 heteroatoms. The maximum Gasteiger partial charge on any atom is 0.419 e. The lowest BCUT2D eigenvalue weighted by Crippen LogP contribution is -2.27. The molecule has 0 saturated carbocycles. The van der Waals surface area contributed by atoms with Gasteiger partial charge < -0.3 is 14.5 Å². The lowest BCUT2D eigenvalue weighted by atomic mass is 10.1. The molecule has 148 valence electrons. The molecule has 0 spiro atoms. The zero-order chi connectivity index (χ0) is 20.1. The number of oxazole rings is 1. The van der Waals surface area contributed by atoms with Crippen LogP contribution >= 0.6 is 0 Å². The summed E-state index contributed by atoms with van der Waals surface area (Å²) >= 11 is 0. The summed E-state index contributed by atoms with van der Waals surface area (Å²) < 4.78 is 12.5. The normalized spacial score (nSPS) is 11.0. The predicted molar refractivity (Wildman–Crippen MR) is 109 cm³/mol. The summed E-state index contributed by atoms with van der Waals surface area (Å²) in [5, 5.41) is 2.87. The number of fused-ring (bicyclic) bond motifs is 1. The van der Waals surface area contributed by atoms with E-state index in [-0.39, 0.29) is 12.3 Å². The molecule has 1 amide bonds. The van der Waals surface area contributed by atoms with Gasteiger partial charge in [0.25, 0.3) is 0 Å². The highest BCUT2D eigenvalue weighted by Gasteiger charge is 2.10. The number of para-hydroxylation sites is 2. The Hall–Kier alpha value is -3.02. The third-order valence-corrected chi connectivity index (χ3v) is 4.80. The molecular weight excluding hydrogens is 356 g/mol. The topological polar surface area (TPSA) is 73.5 Å². The Labute approximate surface area is 164 Å². The first-order valence-corrected chi connectivity index (χ1v) is 9.51. The molecule has 6 nitrogen and oxygen atoms in total. The lowest BCUT2D eigenvalue weighted by Gasteiger charge is -2.12. The fourth-order valence-electron chi connectivity index (χ4n) is 3.16. The van der Waals surface area contributed by atoms with Gasteiger partial charge in [-0.15, -0.1) is 0 Å². The second-order valence-electron chi connectivity index (χ2n) is 6.99. The smallest absolute Gasteiger partial charge is 0.419 e. The number of nitrogens with zero attached hydrogens (tertiary/aromatic N) is 1. The van der Waals surface area contributed by atoms with Gasteiger partial charge in [-0.3, -0.25) is 9.36 Å². The zero-order valence-electron chi connectivity index (χ0n) is 16.6. The molecule has 3 rings (SSSR count). The second kappa shape index (κ2) is 8.78. The Morgan fingerprint density at radius 2 is 1.96 bits per heavy atom. The molecule has 0 saturated heterocycles. The van der Waals surface area contributed by atoms with Crippen LogP contribution in [0.1, 0.15) is 29.5 Å². The van der Waals surface area contributed by atoms with E-state index >= 15 is 0 Å². The summed E-state index contributed by atoms with van der Waals surface area (Å²) in [4.78, 5) is 24.0. The van der Waals surface area contributed by atoms with E-state index in [1.54, 1.807) is 6.07 Å². The Morgan fingerprint density at radius 3 is 2.79 bits per heavy atom. The van der Waals surface area contributed by atoms with E-state index in [0.717, 1.165) is 11.3 Å². The van der Waals surface area contributed by atoms with Crippen molar-refractivity contribution < 1.29 is 13.9 Å². The van der Waals surface area contributed by atoms with Crippen LogP contribution in [0.2, 0.25) is 0 Å². The van der Waals surface area contributed by atoms with Gasteiger partial charge in [0.15, 0.2) is 5.58 Å². The van der Waals surface area contributed by atoms with Crippen LogP contribution in [0.25, 0.3) is 11.1 Å². The van der Waals surface area contributed by atoms with Crippen molar-refractivity contribution in [1.29, 1.82) is 0 Å². The largest absolute Gasteiger partial charge is 0.493 e. The minimum atomic E-state index is -0.439. The van der Waals surface area contributed by atoms with Crippen LogP contribution < -0.4 is 15.8 Å². The molecule has 2 aromatic carbocycles. The molecule has 28 heavy (non-hydrogen) atoms. The van der Waals surface area contributed by atoms with Gasteiger partial charge in [-0.1, -0.05) is 18.2 Å². The molecule has 0 aliphatic carbocycles. The van der Waals surface area contributed by atoms with Crippen LogP contribution in [0.4, 0.5) is 0 Å². The standard InChI is InChI=1S/C22H26N2O4/c1-15-13-16(2)17(3)20(14-15)27-12-6-10-23-21(25)9-11-24-18-7-4-5-8-19(18)28-22(24)26/h4-5,7-8,13-14H,6,9-12H2,1-3H3,(H,23,25). The monoisotopic (exact) mass is 382 g/mol. The molecule has 1 aromatic heterocycles. The summed E-state index contributed by atoms with van der Waals surface area (Å²) in [6, 6.07) is 11.4. The SMILES string of the molecule is Cc1cc(C)c(C)c(OCCCNC(=O)CCn2c(=O)oc3ccccc32)c1. The van der Waals surface area contributed by atoms with Crippen molar-refractivity contribution in [2.45, 2.75) is 40.2 Å². The van der Waals surface area contributed by atoms with E-state index in [1.165, 1.54) is 15.7 Å². The number of carbonyl (C=O) groups is 1. The number of ether oxygens (including phenoxy) is 1. The summed E-state index contributed by atoms with van der Waals surface area (Å²) in [5.41, 5.74) is 4.77. The molecule has 0 bridgehead atoms. The average molecular weight is 382 g/mol. The number of carbonyl (C=O) groups excluding carboxylic acids is 1. The van der Waals surface area contributed by atoms with Crippen molar-refractivity contribution >= 4 is 17.0 Å². The Kier molecular flexibility index (Phi) is 6.19. The summed E-state index contributed by atoms with van der Waals surface area (Å²) in [5.74, 6) is 0.362. The third-order valence-electron chi connectivity index (χ3n) is 4.80. The van der Waals surface area contributed by atoms with Crippen LogP contribution in [0.5, 0.6) is 5.75 Å². The number of hydrogen-bond donors (Lipinski definition) is 1. The molecular formula is C22H26N2O4. The number of amides is 1. The van der Waals surface area contributed by atoms with Gasteiger partial charge in [0.2, 0.25) is 5.91 Å². The van der Waals surface area contributed by atoms with E-state index in [4.69, 9.17) is 9.15 Å². The Balaban J connectivity index is 1.42. The molecule has 1 heterocycles. The molecule has 0 radical (unpaired) electrons. The molecule has 0 unspecified atom stereocenters. The minimum Gasteiger partial charge on any atom is -0.493 e. The summed E-state index contributed by atoms with van der Waals surface area (Å²) in [7, 11) is 0. The maximum absolute atomic E-state index is 12.1. The molecule has 0 aliphatic rings. The van der Waals surface area contributed by atoms with Gasteiger partial charge in [0, 0.05) is 19.5 Å². The Morgan fingerprint density at radius 1 is 1.18 bits per heavy atom. The minimum absolute atomic E-state index is 0.0974. The van der Waals surface area contributed by atoms with Gasteiger partial charge >= 0.3 is 5.76 Å². The first kappa shape index (κ1) is 19.7. The lowest BCUT2D eigenvalue weighted by molar-refractivity contribution is -0.121. The second-order valence-corrected chi connectivity index (χ2v) is 6.99. The average Bonchev–Trinajstić information content (AvgIpc) is 2.98. The van der Waals surface area contributed by atoms with Crippen LogP contribution in [0, 0.1) is 20.8 Å². The number of benzene rings is 2. The number of aryl methyl sites for hydroxylation is 3. The van der Waals surface area contributed by atoms with E-state index in [2.05, 4.69) is 18.3 Å². The van der Waals surface area contributed by atoms with E-state index < -0.39 is 5.76 Å². The van der Waals surface area contributed by atoms with Crippen molar-refractivity contribution in [3.63, 3.8) is 0 Å². The van der Waals surface area contributed by atoms with Gasteiger partial charge in [0.05, 0.1) is 12.1 Å². The first-order chi connectivity index (χ1) is 13.5. The van der Waals surface area contributed by atoms with Crippen molar-refractivity contribution in [2.24, 2.45) is 0 Å². The van der Waals surface area contributed by atoms with Crippen molar-refractivity contribution in [3.05, 3.63) is 63.6 Å². The van der Waals surface area contributed by atoms with Crippen LogP contribution in [-0.4, -0.2) is 23.6 Å². The van der Waals surface area contributed by atoms with Gasteiger partial charge in [-0.25, -0.2) is 4.79 Å². The number of rotatable bonds is 8. The van der Waals surface area contributed by atoms with Crippen molar-refractivity contribution in [1.82, 2.24) is 9.88 Å². The molecule has 0 fully saturated rings. The van der Waals surface area contributed by atoms with Crippen LogP contribution in [0.15, 0.2) is 45.6 Å². The van der Waals surface area contributed by atoms with Gasteiger partial charge in [0.1, 0.15) is 5.75 Å². The summed E-state index contributed by atoms with van der Waals surface area (Å²) in [6.45, 7) is 7.53. The van der Waals surface area contributed by atoms with E-state index in [0.29, 0.717) is 37.2 Å². The zero-order valence-corrected chi connectivity index (χ0v) is 16.6. The fourth-order valence-corrected chi connectivity index (χ4v) is 3.16. The molecule has 0 aliphatic heterocycles. The van der Waals surface area contributed by atoms with E-state index in [1.807, 2.05) is 38.1 Å². The van der Waals surface area contributed by atoms with Crippen molar-refractivity contribution in [3.8, 4) is 5.75 Å². The highest BCUT2D eigenvalue weighted by molar-refractivity contribution is 5.76. The van der Waals surface area contributed by atoms with Crippen LogP contribution in [0.3, 0.4) is 0 Å². The third kappa shape index (κ3) is 4.63. The predicted octanol–water partition coefficient (Wildman–Crippen LogP) is 3.50. The fraction of sp³-hybridized carbons (Fsp3) is 0.364. The maximum atomic E-state index is 12.1. The Bertz CT molecular complexity index is 1030. The van der Waals surface area contributed by atoms with Crippen molar-refractivity contribution in [2.75, 3.05) is 13.2 Å². The number of aromatic nitrogens is 1. The first-order valence-electron chi connectivity index (χ1n) is 9.51.